The van der Waals surface area contributed by atoms with Crippen molar-refractivity contribution in [2.45, 2.75) is 0 Å². The molecule has 2 aromatic rings. The van der Waals surface area contributed by atoms with E-state index in [-0.39, 0.29) is 5.89 Å². The van der Waals surface area contributed by atoms with Crippen molar-refractivity contribution in [2.24, 2.45) is 0 Å². The predicted octanol–water partition coefficient (Wildman–Crippen LogP) is 1.36. The van der Waals surface area contributed by atoms with Crippen LogP contribution in [0.25, 0.3) is 11.5 Å². The SMILES string of the molecule is O=c1onc(-c2ccsc2)o1. The average Bonchev–Trinajstić information content (AvgIpc) is 2.55. The number of hydrogen-bond acceptors (Lipinski definition) is 5. The van der Waals surface area contributed by atoms with Crippen LogP contribution in [-0.4, -0.2) is 5.16 Å². The number of hydrogen-bond donors (Lipinski definition) is 0. The zero-order chi connectivity index (χ0) is 7.68. The Morgan fingerprint density at radius 1 is 1.55 bits per heavy atom. The van der Waals surface area contributed by atoms with Crippen molar-refractivity contribution in [3.63, 3.8) is 0 Å². The second-order valence-corrected chi connectivity index (χ2v) is 2.63. The molecule has 0 bridgehead atoms. The Bertz CT molecular complexity index is 386. The highest BCUT2D eigenvalue weighted by molar-refractivity contribution is 7.08. The molecular weight excluding hydrogens is 166 g/mol. The maximum Gasteiger partial charge on any atom is 0.542 e. The van der Waals surface area contributed by atoms with E-state index in [1.807, 2.05) is 10.8 Å². The van der Waals surface area contributed by atoms with Gasteiger partial charge in [-0.15, -0.1) is 0 Å². The number of aromatic nitrogens is 1. The van der Waals surface area contributed by atoms with E-state index in [1.54, 1.807) is 6.07 Å². The van der Waals surface area contributed by atoms with E-state index in [4.69, 9.17) is 0 Å². The van der Waals surface area contributed by atoms with E-state index < -0.39 is 5.82 Å². The molecule has 4 nitrogen and oxygen atoms in total. The summed E-state index contributed by atoms with van der Waals surface area (Å²) in [5.41, 5.74) is 0.765. The zero-order valence-electron chi connectivity index (χ0n) is 5.31. The van der Waals surface area contributed by atoms with E-state index in [1.165, 1.54) is 11.3 Å². The first-order chi connectivity index (χ1) is 5.36. The van der Waals surface area contributed by atoms with Gasteiger partial charge in [0, 0.05) is 5.38 Å². The van der Waals surface area contributed by atoms with Gasteiger partial charge in [0.05, 0.1) is 5.56 Å². The number of thiophene rings is 1. The fourth-order valence-corrected chi connectivity index (χ4v) is 1.32. The maximum absolute atomic E-state index is 10.4. The molecule has 0 aliphatic carbocycles. The third-order valence-electron chi connectivity index (χ3n) is 1.15. The third kappa shape index (κ3) is 1.10. The summed E-state index contributed by atoms with van der Waals surface area (Å²) in [7, 11) is 0. The average molecular weight is 169 g/mol. The summed E-state index contributed by atoms with van der Waals surface area (Å²) in [6.45, 7) is 0. The smallest absolute Gasteiger partial charge is 0.370 e. The molecule has 0 aromatic carbocycles. The molecule has 0 unspecified atom stereocenters. The van der Waals surface area contributed by atoms with Crippen LogP contribution in [0.1, 0.15) is 0 Å². The molecule has 0 radical (unpaired) electrons. The molecule has 0 amide bonds. The number of nitrogens with zero attached hydrogens (tertiary/aromatic N) is 1. The standard InChI is InChI=1S/C6H3NO3S/c8-6-9-5(7-10-6)4-1-2-11-3-4/h1-3H. The van der Waals surface area contributed by atoms with Crippen molar-refractivity contribution in [1.29, 1.82) is 0 Å². The van der Waals surface area contributed by atoms with Crippen LogP contribution >= 0.6 is 11.3 Å². The van der Waals surface area contributed by atoms with Gasteiger partial charge in [-0.3, -0.25) is 4.52 Å². The van der Waals surface area contributed by atoms with E-state index >= 15 is 0 Å². The van der Waals surface area contributed by atoms with Crippen molar-refractivity contribution in [2.75, 3.05) is 0 Å². The van der Waals surface area contributed by atoms with E-state index in [2.05, 4.69) is 14.1 Å². The summed E-state index contributed by atoms with van der Waals surface area (Å²) in [6, 6.07) is 1.80. The van der Waals surface area contributed by atoms with Crippen LogP contribution in [0, 0.1) is 0 Å². The summed E-state index contributed by atoms with van der Waals surface area (Å²) in [5.74, 6) is -0.539. The van der Waals surface area contributed by atoms with Crippen LogP contribution in [0.3, 0.4) is 0 Å². The lowest BCUT2D eigenvalue weighted by atomic mass is 10.3. The van der Waals surface area contributed by atoms with Gasteiger partial charge in [0.15, 0.2) is 0 Å². The normalized spacial score (nSPS) is 10.2. The monoisotopic (exact) mass is 169 g/mol. The molecular formula is C6H3NO3S. The van der Waals surface area contributed by atoms with Crippen molar-refractivity contribution in [1.82, 2.24) is 5.16 Å². The van der Waals surface area contributed by atoms with Crippen molar-refractivity contribution in [3.05, 3.63) is 27.4 Å². The van der Waals surface area contributed by atoms with Crippen LogP contribution in [0.5, 0.6) is 0 Å². The molecule has 0 fully saturated rings. The third-order valence-corrected chi connectivity index (χ3v) is 1.83. The van der Waals surface area contributed by atoms with Gasteiger partial charge in [-0.05, 0) is 16.6 Å². The Hall–Kier alpha value is -1.36. The fraction of sp³-hybridized carbons (Fsp3) is 0. The van der Waals surface area contributed by atoms with Crippen molar-refractivity contribution < 1.29 is 8.94 Å². The lowest BCUT2D eigenvalue weighted by Gasteiger charge is -1.79. The van der Waals surface area contributed by atoms with Crippen LogP contribution < -0.4 is 5.82 Å². The van der Waals surface area contributed by atoms with E-state index in [0.29, 0.717) is 0 Å². The van der Waals surface area contributed by atoms with E-state index in [9.17, 15) is 4.79 Å². The molecule has 0 spiro atoms. The molecule has 11 heavy (non-hydrogen) atoms. The molecule has 5 heteroatoms. The summed E-state index contributed by atoms with van der Waals surface area (Å²) in [6.07, 6.45) is 0. The highest BCUT2D eigenvalue weighted by Gasteiger charge is 2.05. The van der Waals surface area contributed by atoms with Gasteiger partial charge in [-0.1, -0.05) is 0 Å². The van der Waals surface area contributed by atoms with Gasteiger partial charge in [0.25, 0.3) is 5.89 Å². The molecule has 56 valence electrons. The number of rotatable bonds is 1. The molecule has 0 saturated carbocycles. The highest BCUT2D eigenvalue weighted by atomic mass is 32.1. The quantitative estimate of drug-likeness (QED) is 0.646. The van der Waals surface area contributed by atoms with Crippen molar-refractivity contribution in [3.8, 4) is 11.5 Å². The Morgan fingerprint density at radius 3 is 3.00 bits per heavy atom. The molecule has 0 aliphatic heterocycles. The summed E-state index contributed by atoms with van der Waals surface area (Å²) < 4.78 is 8.82. The molecule has 0 aliphatic rings. The van der Waals surface area contributed by atoms with E-state index in [0.717, 1.165) is 5.56 Å². The van der Waals surface area contributed by atoms with Gasteiger partial charge in [-0.25, -0.2) is 4.79 Å². The topological polar surface area (TPSA) is 56.2 Å². The molecule has 2 aromatic heterocycles. The van der Waals surface area contributed by atoms with Crippen molar-refractivity contribution >= 4 is 11.3 Å². The van der Waals surface area contributed by atoms with Crippen LogP contribution in [0.4, 0.5) is 0 Å². The zero-order valence-corrected chi connectivity index (χ0v) is 6.13. The Labute approximate surface area is 65.1 Å². The van der Waals surface area contributed by atoms with Gasteiger partial charge < -0.3 is 4.42 Å². The minimum Gasteiger partial charge on any atom is -0.370 e. The first-order valence-electron chi connectivity index (χ1n) is 2.85. The summed E-state index contributed by atoms with van der Waals surface area (Å²) in [5, 5.41) is 7.10. The molecule has 2 heterocycles. The first kappa shape index (κ1) is 6.36. The molecule has 0 saturated heterocycles. The first-order valence-corrected chi connectivity index (χ1v) is 3.80. The van der Waals surface area contributed by atoms with Gasteiger partial charge in [-0.2, -0.15) is 11.3 Å². The van der Waals surface area contributed by atoms with Gasteiger partial charge >= 0.3 is 5.82 Å². The second-order valence-electron chi connectivity index (χ2n) is 1.85. The minimum absolute atomic E-state index is 0.233. The van der Waals surface area contributed by atoms with Gasteiger partial charge in [0.1, 0.15) is 0 Å². The predicted molar refractivity (Wildman–Crippen MR) is 38.4 cm³/mol. The molecule has 0 atom stereocenters. The highest BCUT2D eigenvalue weighted by Crippen LogP contribution is 2.17. The van der Waals surface area contributed by atoms with Crippen LogP contribution in [-0.2, 0) is 0 Å². The molecule has 0 N–H and O–H groups in total. The second kappa shape index (κ2) is 2.35. The Kier molecular flexibility index (Phi) is 1.36. The lowest BCUT2D eigenvalue weighted by molar-refractivity contribution is 0.335. The molecule has 2 rings (SSSR count). The largest absolute Gasteiger partial charge is 0.542 e. The van der Waals surface area contributed by atoms with Crippen LogP contribution in [0.15, 0.2) is 30.6 Å². The van der Waals surface area contributed by atoms with Gasteiger partial charge in [0.2, 0.25) is 0 Å². The fourth-order valence-electron chi connectivity index (χ4n) is 0.693. The Morgan fingerprint density at radius 2 is 2.45 bits per heavy atom. The Balaban J connectivity index is 2.53. The van der Waals surface area contributed by atoms with Crippen LogP contribution in [0.2, 0.25) is 0 Å². The summed E-state index contributed by atoms with van der Waals surface area (Å²) >= 11 is 1.50. The summed E-state index contributed by atoms with van der Waals surface area (Å²) in [4.78, 5) is 10.4. The minimum atomic E-state index is -0.772. The maximum atomic E-state index is 10.4. The lowest BCUT2D eigenvalue weighted by Crippen LogP contribution is -1.85.